The zero-order valence-electron chi connectivity index (χ0n) is 18.7. The lowest BCUT2D eigenvalue weighted by Gasteiger charge is -2.17. The van der Waals surface area contributed by atoms with Crippen molar-refractivity contribution in [3.8, 4) is 11.3 Å². The van der Waals surface area contributed by atoms with Gasteiger partial charge in [0.25, 0.3) is 5.69 Å². The summed E-state index contributed by atoms with van der Waals surface area (Å²) >= 11 is 1.57. The summed E-state index contributed by atoms with van der Waals surface area (Å²) in [5, 5.41) is 18.1. The van der Waals surface area contributed by atoms with Crippen LogP contribution in [0.25, 0.3) is 11.3 Å². The van der Waals surface area contributed by atoms with Crippen molar-refractivity contribution in [2.24, 2.45) is 10.1 Å². The third kappa shape index (κ3) is 4.88. The van der Waals surface area contributed by atoms with Gasteiger partial charge in [-0.2, -0.15) is 5.10 Å². The molecule has 1 aliphatic carbocycles. The van der Waals surface area contributed by atoms with Crippen molar-refractivity contribution >= 4 is 22.7 Å². The zero-order chi connectivity index (χ0) is 22.7. The Hall–Kier alpha value is -3.06. The van der Waals surface area contributed by atoms with Crippen molar-refractivity contribution in [2.75, 3.05) is 0 Å². The number of nitrogens with zero attached hydrogens (tertiary/aromatic N) is 4. The molecule has 1 heterocycles. The van der Waals surface area contributed by atoms with E-state index in [0.717, 1.165) is 40.2 Å². The molecule has 1 aromatic heterocycles. The highest BCUT2D eigenvalue weighted by Gasteiger charge is 2.15. The normalized spacial score (nSPS) is 15.8. The summed E-state index contributed by atoms with van der Waals surface area (Å²) in [6.45, 7) is 6.22. The fourth-order valence-corrected chi connectivity index (χ4v) is 4.88. The largest absolute Gasteiger partial charge is 0.269 e. The lowest BCUT2D eigenvalue weighted by molar-refractivity contribution is -0.384. The van der Waals surface area contributed by atoms with Gasteiger partial charge in [-0.3, -0.25) is 15.1 Å². The first-order valence-electron chi connectivity index (χ1n) is 11.0. The Balaban J connectivity index is 1.81. The minimum absolute atomic E-state index is 0.0810. The summed E-state index contributed by atoms with van der Waals surface area (Å²) in [7, 11) is 0. The van der Waals surface area contributed by atoms with Gasteiger partial charge in [-0.05, 0) is 68.5 Å². The molecule has 3 aromatic rings. The average Bonchev–Trinajstić information content (AvgIpc) is 3.18. The molecule has 1 aliphatic rings. The molecule has 166 valence electrons. The molecule has 6 nitrogen and oxygen atoms in total. The molecule has 1 saturated carbocycles. The minimum Gasteiger partial charge on any atom is -0.258 e. The van der Waals surface area contributed by atoms with Crippen molar-refractivity contribution in [2.45, 2.75) is 58.9 Å². The number of aromatic nitrogens is 1. The van der Waals surface area contributed by atoms with Gasteiger partial charge in [0.1, 0.15) is 0 Å². The van der Waals surface area contributed by atoms with Crippen LogP contribution in [0.15, 0.2) is 57.9 Å². The van der Waals surface area contributed by atoms with Crippen LogP contribution in [0.5, 0.6) is 0 Å². The summed E-state index contributed by atoms with van der Waals surface area (Å²) in [6, 6.07) is 13.3. The Labute approximate surface area is 192 Å². The van der Waals surface area contributed by atoms with E-state index < -0.39 is 0 Å². The first-order valence-corrected chi connectivity index (χ1v) is 11.9. The van der Waals surface area contributed by atoms with Crippen molar-refractivity contribution in [3.63, 3.8) is 0 Å². The SMILES string of the molecule is CC(=Nn1c(-c2ccc([N+](=O)[O-])cc2)csc1=NC1CCCCC1)c1ccc(C)c(C)c1. The number of benzene rings is 2. The number of aryl methyl sites for hydroxylation is 2. The van der Waals surface area contributed by atoms with Gasteiger partial charge in [-0.25, -0.2) is 4.68 Å². The number of hydrogen-bond acceptors (Lipinski definition) is 5. The Morgan fingerprint density at radius 2 is 1.78 bits per heavy atom. The highest BCUT2D eigenvalue weighted by molar-refractivity contribution is 7.07. The first kappa shape index (κ1) is 22.1. The number of rotatable bonds is 5. The van der Waals surface area contributed by atoms with Gasteiger partial charge in [-0.1, -0.05) is 31.4 Å². The van der Waals surface area contributed by atoms with Gasteiger partial charge >= 0.3 is 0 Å². The van der Waals surface area contributed by atoms with Crippen LogP contribution in [0.3, 0.4) is 0 Å². The maximum atomic E-state index is 11.1. The van der Waals surface area contributed by atoms with E-state index >= 15 is 0 Å². The Morgan fingerprint density at radius 3 is 2.44 bits per heavy atom. The lowest BCUT2D eigenvalue weighted by atomic mass is 9.96. The topological polar surface area (TPSA) is 72.8 Å². The fraction of sp³-hybridized carbons (Fsp3) is 0.360. The van der Waals surface area contributed by atoms with Crippen LogP contribution in [-0.2, 0) is 0 Å². The second kappa shape index (κ2) is 9.61. The van der Waals surface area contributed by atoms with Crippen LogP contribution in [-0.4, -0.2) is 21.4 Å². The molecule has 0 N–H and O–H groups in total. The van der Waals surface area contributed by atoms with E-state index in [1.54, 1.807) is 23.5 Å². The number of thiazole rings is 1. The fourth-order valence-electron chi connectivity index (χ4n) is 3.98. The van der Waals surface area contributed by atoms with Crippen molar-refractivity contribution in [1.82, 2.24) is 4.68 Å². The van der Waals surface area contributed by atoms with Crippen molar-refractivity contribution in [3.05, 3.63) is 79.5 Å². The van der Waals surface area contributed by atoms with Crippen LogP contribution in [0.1, 0.15) is 55.7 Å². The Bertz CT molecular complexity index is 1220. The van der Waals surface area contributed by atoms with E-state index in [1.807, 2.05) is 17.0 Å². The van der Waals surface area contributed by atoms with E-state index in [2.05, 4.69) is 32.0 Å². The van der Waals surface area contributed by atoms with Crippen LogP contribution < -0.4 is 4.80 Å². The molecule has 0 unspecified atom stereocenters. The van der Waals surface area contributed by atoms with Gasteiger partial charge in [0, 0.05) is 23.1 Å². The molecule has 0 radical (unpaired) electrons. The van der Waals surface area contributed by atoms with Gasteiger partial charge in [0.15, 0.2) is 0 Å². The highest BCUT2D eigenvalue weighted by atomic mass is 32.1. The van der Waals surface area contributed by atoms with Crippen molar-refractivity contribution in [1.29, 1.82) is 0 Å². The van der Waals surface area contributed by atoms with E-state index in [1.165, 1.54) is 42.5 Å². The van der Waals surface area contributed by atoms with E-state index in [0.29, 0.717) is 6.04 Å². The summed E-state index contributed by atoms with van der Waals surface area (Å²) in [6.07, 6.45) is 5.96. The van der Waals surface area contributed by atoms with Gasteiger partial charge in [0.2, 0.25) is 4.80 Å². The average molecular weight is 449 g/mol. The first-order chi connectivity index (χ1) is 15.4. The number of nitro benzene ring substituents is 1. The lowest BCUT2D eigenvalue weighted by Crippen LogP contribution is -2.19. The van der Waals surface area contributed by atoms with Gasteiger partial charge in [-0.15, -0.1) is 11.3 Å². The number of hydrogen-bond donors (Lipinski definition) is 0. The molecule has 4 rings (SSSR count). The quantitative estimate of drug-likeness (QED) is 0.263. The van der Waals surface area contributed by atoms with Crippen molar-refractivity contribution < 1.29 is 4.92 Å². The van der Waals surface area contributed by atoms with Crippen LogP contribution >= 0.6 is 11.3 Å². The monoisotopic (exact) mass is 448 g/mol. The number of nitro groups is 1. The van der Waals surface area contributed by atoms with Crippen LogP contribution in [0.2, 0.25) is 0 Å². The predicted octanol–water partition coefficient (Wildman–Crippen LogP) is 6.25. The molecular formula is C25H28N4O2S. The molecule has 7 heteroatoms. The highest BCUT2D eigenvalue weighted by Crippen LogP contribution is 2.25. The van der Waals surface area contributed by atoms with Gasteiger partial charge < -0.3 is 0 Å². The Kier molecular flexibility index (Phi) is 6.65. The Morgan fingerprint density at radius 1 is 1.06 bits per heavy atom. The van der Waals surface area contributed by atoms with E-state index in [-0.39, 0.29) is 10.6 Å². The van der Waals surface area contributed by atoms with Gasteiger partial charge in [0.05, 0.1) is 22.4 Å². The zero-order valence-corrected chi connectivity index (χ0v) is 19.6. The molecule has 32 heavy (non-hydrogen) atoms. The molecular weight excluding hydrogens is 420 g/mol. The molecule has 0 aliphatic heterocycles. The second-order valence-electron chi connectivity index (χ2n) is 8.42. The molecule has 2 aromatic carbocycles. The molecule has 0 amide bonds. The molecule has 0 spiro atoms. The van der Waals surface area contributed by atoms with Crippen LogP contribution in [0, 0.1) is 24.0 Å². The molecule has 0 atom stereocenters. The second-order valence-corrected chi connectivity index (χ2v) is 9.26. The third-order valence-corrected chi connectivity index (χ3v) is 6.93. The molecule has 0 saturated heterocycles. The predicted molar refractivity (Wildman–Crippen MR) is 130 cm³/mol. The van der Waals surface area contributed by atoms with Crippen LogP contribution in [0.4, 0.5) is 5.69 Å². The molecule has 0 bridgehead atoms. The van der Waals surface area contributed by atoms with E-state index in [4.69, 9.17) is 10.1 Å². The summed E-state index contributed by atoms with van der Waals surface area (Å²) in [5.41, 5.74) is 6.32. The third-order valence-electron chi connectivity index (χ3n) is 6.10. The minimum atomic E-state index is -0.378. The maximum Gasteiger partial charge on any atom is 0.269 e. The summed E-state index contributed by atoms with van der Waals surface area (Å²) in [4.78, 5) is 16.6. The molecule has 1 fully saturated rings. The smallest absolute Gasteiger partial charge is 0.258 e. The standard InChI is InChI=1S/C25H28N4O2S/c1-17-9-10-21(15-18(17)2)19(3)27-28-24(20-11-13-23(14-12-20)29(30)31)16-32-25(28)26-22-7-5-4-6-8-22/h9-16,22H,4-8H2,1-3H3. The number of non-ortho nitro benzene ring substituents is 1. The summed E-state index contributed by atoms with van der Waals surface area (Å²) in [5.74, 6) is 0. The summed E-state index contributed by atoms with van der Waals surface area (Å²) < 4.78 is 1.91. The maximum absolute atomic E-state index is 11.1. The van der Waals surface area contributed by atoms with E-state index in [9.17, 15) is 10.1 Å².